The first-order valence-electron chi connectivity index (χ1n) is 6.71. The van der Waals surface area contributed by atoms with Crippen LogP contribution >= 0.6 is 0 Å². The van der Waals surface area contributed by atoms with Crippen molar-refractivity contribution in [2.75, 3.05) is 6.61 Å². The van der Waals surface area contributed by atoms with Crippen molar-refractivity contribution in [2.24, 2.45) is 0 Å². The van der Waals surface area contributed by atoms with Gasteiger partial charge >= 0.3 is 5.97 Å². The maximum Gasteiger partial charge on any atom is 0.329 e. The second kappa shape index (κ2) is 5.87. The molecule has 1 aromatic carbocycles. The molecule has 0 bridgehead atoms. The Hall–Kier alpha value is -2.86. The molecule has 22 heavy (non-hydrogen) atoms. The van der Waals surface area contributed by atoms with Gasteiger partial charge in [-0.15, -0.1) is 0 Å². The predicted molar refractivity (Wildman–Crippen MR) is 79.1 cm³/mol. The maximum atomic E-state index is 11.4. The van der Waals surface area contributed by atoms with Crippen molar-refractivity contribution in [2.45, 2.75) is 6.04 Å². The number of aliphatic hydroxyl groups is 1. The van der Waals surface area contributed by atoms with Crippen molar-refractivity contribution in [1.29, 1.82) is 0 Å². The van der Waals surface area contributed by atoms with Crippen molar-refractivity contribution in [1.82, 2.24) is 9.55 Å². The molecule has 6 heteroatoms. The Morgan fingerprint density at radius 3 is 2.59 bits per heavy atom. The van der Waals surface area contributed by atoms with Gasteiger partial charge in [-0.25, -0.2) is 9.78 Å². The van der Waals surface area contributed by atoms with Gasteiger partial charge in [0.25, 0.3) is 0 Å². The first-order valence-corrected chi connectivity index (χ1v) is 6.71. The Bertz CT molecular complexity index is 763. The number of carboxylic acid groups (broad SMARTS) is 1. The van der Waals surface area contributed by atoms with E-state index in [1.807, 2.05) is 30.3 Å². The molecule has 3 aromatic rings. The molecule has 1 atom stereocenters. The number of nitrogens with zero attached hydrogens (tertiary/aromatic N) is 2. The van der Waals surface area contributed by atoms with E-state index in [4.69, 9.17) is 4.42 Å². The van der Waals surface area contributed by atoms with Crippen LogP contribution in [0, 0.1) is 0 Å². The highest BCUT2D eigenvalue weighted by Gasteiger charge is 2.25. The number of carbonyl (C=O) groups is 1. The summed E-state index contributed by atoms with van der Waals surface area (Å²) in [5.41, 5.74) is 2.80. The second-order valence-electron chi connectivity index (χ2n) is 4.76. The number of aliphatic hydroxyl groups excluding tert-OH is 1. The third-order valence-electron chi connectivity index (χ3n) is 3.43. The monoisotopic (exact) mass is 298 g/mol. The SMILES string of the molecule is O=C(O)[C@H](CO)n1cnc(-c2ccccc2)c1-c1ccoc1. The van der Waals surface area contributed by atoms with Crippen LogP contribution in [0.4, 0.5) is 0 Å². The van der Waals surface area contributed by atoms with Gasteiger partial charge in [0.1, 0.15) is 0 Å². The number of furan rings is 1. The predicted octanol–water partition coefficient (Wildman–Crippen LogP) is 2.43. The average molecular weight is 298 g/mol. The van der Waals surface area contributed by atoms with Crippen LogP contribution in [-0.4, -0.2) is 32.3 Å². The van der Waals surface area contributed by atoms with Gasteiger partial charge in [-0.1, -0.05) is 30.3 Å². The Kier molecular flexibility index (Phi) is 3.76. The lowest BCUT2D eigenvalue weighted by Crippen LogP contribution is -2.22. The van der Waals surface area contributed by atoms with E-state index in [1.165, 1.54) is 23.4 Å². The Morgan fingerprint density at radius 2 is 2.00 bits per heavy atom. The molecule has 0 spiro atoms. The molecule has 0 aliphatic rings. The number of hydrogen-bond donors (Lipinski definition) is 2. The first-order chi connectivity index (χ1) is 10.7. The molecular weight excluding hydrogens is 284 g/mol. The van der Waals surface area contributed by atoms with E-state index in [-0.39, 0.29) is 0 Å². The highest BCUT2D eigenvalue weighted by atomic mass is 16.4. The van der Waals surface area contributed by atoms with Crippen LogP contribution < -0.4 is 0 Å². The fraction of sp³-hybridized carbons (Fsp3) is 0.125. The quantitative estimate of drug-likeness (QED) is 0.755. The number of benzene rings is 1. The van der Waals surface area contributed by atoms with Gasteiger partial charge in [-0.05, 0) is 6.07 Å². The number of aliphatic carboxylic acids is 1. The lowest BCUT2D eigenvalue weighted by molar-refractivity contribution is -0.142. The zero-order valence-corrected chi connectivity index (χ0v) is 11.6. The lowest BCUT2D eigenvalue weighted by Gasteiger charge is -2.14. The van der Waals surface area contributed by atoms with Gasteiger partial charge in [0, 0.05) is 11.1 Å². The van der Waals surface area contributed by atoms with E-state index in [9.17, 15) is 15.0 Å². The fourth-order valence-corrected chi connectivity index (χ4v) is 2.37. The van der Waals surface area contributed by atoms with Crippen molar-refractivity contribution < 1.29 is 19.4 Å². The van der Waals surface area contributed by atoms with Crippen molar-refractivity contribution in [3.63, 3.8) is 0 Å². The van der Waals surface area contributed by atoms with Gasteiger partial charge < -0.3 is 19.2 Å². The van der Waals surface area contributed by atoms with E-state index in [1.54, 1.807) is 6.07 Å². The van der Waals surface area contributed by atoms with E-state index in [0.717, 1.165) is 5.56 Å². The molecule has 0 radical (unpaired) electrons. The number of imidazole rings is 1. The summed E-state index contributed by atoms with van der Waals surface area (Å²) in [6, 6.07) is 10.1. The van der Waals surface area contributed by atoms with E-state index >= 15 is 0 Å². The van der Waals surface area contributed by atoms with Gasteiger partial charge in [0.2, 0.25) is 0 Å². The largest absolute Gasteiger partial charge is 0.480 e. The summed E-state index contributed by atoms with van der Waals surface area (Å²) in [7, 11) is 0. The summed E-state index contributed by atoms with van der Waals surface area (Å²) in [6.07, 6.45) is 4.46. The first kappa shape index (κ1) is 14.1. The average Bonchev–Trinajstić information content (AvgIpc) is 3.17. The van der Waals surface area contributed by atoms with Crippen molar-refractivity contribution in [3.05, 3.63) is 55.3 Å². The summed E-state index contributed by atoms with van der Waals surface area (Å²) in [5, 5.41) is 18.7. The molecule has 0 amide bonds. The summed E-state index contributed by atoms with van der Waals surface area (Å²) in [6.45, 7) is -0.523. The second-order valence-corrected chi connectivity index (χ2v) is 4.76. The Labute approximate surface area is 126 Å². The topological polar surface area (TPSA) is 88.5 Å². The summed E-state index contributed by atoms with van der Waals surface area (Å²) < 4.78 is 6.56. The molecular formula is C16H14N2O4. The van der Waals surface area contributed by atoms with Crippen LogP contribution in [0.25, 0.3) is 22.5 Å². The molecule has 0 aliphatic heterocycles. The number of hydrogen-bond acceptors (Lipinski definition) is 4. The van der Waals surface area contributed by atoms with Gasteiger partial charge in [-0.3, -0.25) is 0 Å². The lowest BCUT2D eigenvalue weighted by atomic mass is 10.1. The zero-order chi connectivity index (χ0) is 15.5. The van der Waals surface area contributed by atoms with E-state index in [0.29, 0.717) is 17.0 Å². The number of rotatable bonds is 5. The van der Waals surface area contributed by atoms with Crippen LogP contribution in [0.5, 0.6) is 0 Å². The minimum atomic E-state index is -1.12. The Morgan fingerprint density at radius 1 is 1.23 bits per heavy atom. The standard InChI is InChI=1S/C16H14N2O4/c19-8-13(16(20)21)18-10-17-14(11-4-2-1-3-5-11)15(18)12-6-7-22-9-12/h1-7,9-10,13,19H,8H2,(H,20,21)/t13-/m0/s1. The van der Waals surface area contributed by atoms with Gasteiger partial charge in [0.15, 0.2) is 6.04 Å². The summed E-state index contributed by atoms with van der Waals surface area (Å²) in [4.78, 5) is 15.7. The third-order valence-corrected chi connectivity index (χ3v) is 3.43. The molecule has 112 valence electrons. The maximum absolute atomic E-state index is 11.4. The van der Waals surface area contributed by atoms with E-state index in [2.05, 4.69) is 4.98 Å². The number of aromatic nitrogens is 2. The minimum Gasteiger partial charge on any atom is -0.480 e. The summed E-state index contributed by atoms with van der Waals surface area (Å²) >= 11 is 0. The molecule has 0 saturated heterocycles. The molecule has 0 fully saturated rings. The molecule has 0 unspecified atom stereocenters. The van der Waals surface area contributed by atoms with Crippen LogP contribution in [0.15, 0.2) is 59.7 Å². The fourth-order valence-electron chi connectivity index (χ4n) is 2.37. The van der Waals surface area contributed by atoms with Crippen molar-refractivity contribution >= 4 is 5.97 Å². The van der Waals surface area contributed by atoms with Crippen LogP contribution in [0.1, 0.15) is 6.04 Å². The molecule has 3 rings (SSSR count). The van der Waals surface area contributed by atoms with Gasteiger partial charge in [0.05, 0.1) is 36.8 Å². The molecule has 2 aromatic heterocycles. The smallest absolute Gasteiger partial charge is 0.329 e. The minimum absolute atomic E-state index is 0.523. The van der Waals surface area contributed by atoms with E-state index < -0.39 is 18.6 Å². The Balaban J connectivity index is 2.21. The highest BCUT2D eigenvalue weighted by Crippen LogP contribution is 2.33. The third kappa shape index (κ3) is 2.40. The molecule has 2 heterocycles. The highest BCUT2D eigenvalue weighted by molar-refractivity contribution is 5.80. The number of carboxylic acids is 1. The van der Waals surface area contributed by atoms with Crippen LogP contribution in [-0.2, 0) is 4.79 Å². The molecule has 6 nitrogen and oxygen atoms in total. The zero-order valence-electron chi connectivity index (χ0n) is 11.6. The molecule has 0 saturated carbocycles. The normalized spacial score (nSPS) is 12.2. The molecule has 0 aliphatic carbocycles. The summed E-state index contributed by atoms with van der Waals surface area (Å²) in [5.74, 6) is -1.12. The van der Waals surface area contributed by atoms with Gasteiger partial charge in [-0.2, -0.15) is 0 Å². The van der Waals surface area contributed by atoms with Crippen LogP contribution in [0.2, 0.25) is 0 Å². The van der Waals surface area contributed by atoms with Crippen LogP contribution in [0.3, 0.4) is 0 Å². The molecule has 2 N–H and O–H groups in total. The van der Waals surface area contributed by atoms with Crippen molar-refractivity contribution in [3.8, 4) is 22.5 Å².